The summed E-state index contributed by atoms with van der Waals surface area (Å²) in [7, 11) is 1.60. The lowest BCUT2D eigenvalue weighted by Crippen LogP contribution is -2.32. The number of rotatable bonds is 9. The van der Waals surface area contributed by atoms with Crippen LogP contribution in [0.15, 0.2) is 41.9 Å². The number of fused-ring (bicyclic) bond motifs is 1. The minimum absolute atomic E-state index is 0.0483. The van der Waals surface area contributed by atoms with Crippen LogP contribution in [0.1, 0.15) is 24.3 Å². The van der Waals surface area contributed by atoms with E-state index in [2.05, 4.69) is 36.9 Å². The molecule has 0 radical (unpaired) electrons. The summed E-state index contributed by atoms with van der Waals surface area (Å²) in [4.78, 5) is 27.2. The molecule has 0 spiro atoms. The van der Waals surface area contributed by atoms with Crippen LogP contribution in [-0.4, -0.2) is 54.1 Å². The van der Waals surface area contributed by atoms with Crippen molar-refractivity contribution < 1.29 is 9.53 Å². The zero-order valence-electron chi connectivity index (χ0n) is 19.3. The average Bonchev–Trinajstić information content (AvgIpc) is 3.31. The third kappa shape index (κ3) is 5.61. The van der Waals surface area contributed by atoms with E-state index in [9.17, 15) is 4.79 Å². The second-order valence-electron chi connectivity index (χ2n) is 7.83. The van der Waals surface area contributed by atoms with Gasteiger partial charge < -0.3 is 20.3 Å². The number of hydrogen-bond donors (Lipinski definition) is 2. The van der Waals surface area contributed by atoms with Crippen LogP contribution < -0.4 is 20.3 Å². The van der Waals surface area contributed by atoms with E-state index in [1.807, 2.05) is 43.4 Å². The molecule has 4 rings (SSSR count). The first-order valence-electron chi connectivity index (χ1n) is 11.2. The highest BCUT2D eigenvalue weighted by Gasteiger charge is 2.19. The molecule has 3 aromatic rings. The van der Waals surface area contributed by atoms with Gasteiger partial charge in [0, 0.05) is 35.9 Å². The number of amides is 1. The maximum atomic E-state index is 12.3. The van der Waals surface area contributed by atoms with Crippen molar-refractivity contribution in [2.45, 2.75) is 26.8 Å². The third-order valence-corrected chi connectivity index (χ3v) is 6.79. The molecule has 0 bridgehead atoms. The van der Waals surface area contributed by atoms with Crippen molar-refractivity contribution in [3.8, 4) is 5.75 Å². The number of carbonyl (C=O) groups is 1. The maximum Gasteiger partial charge on any atom is 0.238 e. The van der Waals surface area contributed by atoms with Gasteiger partial charge in [-0.25, -0.2) is 4.98 Å². The molecule has 8 nitrogen and oxygen atoms in total. The molecule has 2 N–H and O–H groups in total. The number of methoxy groups -OCH3 is 1. The molecule has 33 heavy (non-hydrogen) atoms. The van der Waals surface area contributed by atoms with Gasteiger partial charge in [-0.1, -0.05) is 13.8 Å². The first kappa shape index (κ1) is 23.0. The number of thiophene rings is 1. The summed E-state index contributed by atoms with van der Waals surface area (Å²) in [6, 6.07) is 9.64. The lowest BCUT2D eigenvalue weighted by Gasteiger charge is -2.28. The normalized spacial score (nSPS) is 13.0. The highest BCUT2D eigenvalue weighted by Crippen LogP contribution is 2.31. The van der Waals surface area contributed by atoms with Gasteiger partial charge in [0.15, 0.2) is 0 Å². The molecule has 9 heteroatoms. The third-order valence-electron chi connectivity index (χ3n) is 5.77. The second kappa shape index (κ2) is 10.6. The van der Waals surface area contributed by atoms with E-state index in [0.717, 1.165) is 44.1 Å². The van der Waals surface area contributed by atoms with Crippen molar-refractivity contribution in [2.24, 2.45) is 0 Å². The molecule has 0 fully saturated rings. The summed E-state index contributed by atoms with van der Waals surface area (Å²) in [5.41, 5.74) is 2.79. The van der Waals surface area contributed by atoms with Gasteiger partial charge in [-0.2, -0.15) is 4.98 Å². The summed E-state index contributed by atoms with van der Waals surface area (Å²) in [6.07, 6.45) is 2.80. The Balaban J connectivity index is 1.44. The Labute approximate surface area is 198 Å². The monoisotopic (exact) mass is 466 g/mol. The van der Waals surface area contributed by atoms with Gasteiger partial charge in [0.1, 0.15) is 11.6 Å². The fourth-order valence-electron chi connectivity index (χ4n) is 3.87. The number of hydrogen-bond acceptors (Lipinski definition) is 8. The lowest BCUT2D eigenvalue weighted by molar-refractivity contribution is -0.117. The van der Waals surface area contributed by atoms with Crippen LogP contribution in [0.5, 0.6) is 5.75 Å². The van der Waals surface area contributed by atoms with Crippen LogP contribution in [0.2, 0.25) is 0 Å². The highest BCUT2D eigenvalue weighted by molar-refractivity contribution is 7.10. The largest absolute Gasteiger partial charge is 0.494 e. The van der Waals surface area contributed by atoms with Gasteiger partial charge >= 0.3 is 0 Å². The van der Waals surface area contributed by atoms with Crippen molar-refractivity contribution >= 4 is 40.4 Å². The number of ether oxygens (including phenoxy) is 1. The minimum atomic E-state index is -0.0483. The molecular formula is C24H30N6O2S. The Hall–Kier alpha value is -3.17. The molecule has 174 valence electrons. The first-order valence-corrected chi connectivity index (χ1v) is 12.1. The number of aromatic nitrogens is 2. The van der Waals surface area contributed by atoms with Crippen LogP contribution in [0.3, 0.4) is 0 Å². The zero-order valence-corrected chi connectivity index (χ0v) is 20.1. The van der Waals surface area contributed by atoms with Gasteiger partial charge in [-0.05, 0) is 54.7 Å². The van der Waals surface area contributed by atoms with Crippen molar-refractivity contribution in [1.29, 1.82) is 0 Å². The van der Waals surface area contributed by atoms with Crippen LogP contribution >= 0.6 is 11.3 Å². The molecular weight excluding hydrogens is 436 g/mol. The van der Waals surface area contributed by atoms with Gasteiger partial charge in [0.2, 0.25) is 11.9 Å². The number of nitrogens with one attached hydrogen (secondary N) is 2. The Morgan fingerprint density at radius 2 is 2.09 bits per heavy atom. The van der Waals surface area contributed by atoms with Crippen molar-refractivity contribution in [3.05, 3.63) is 52.3 Å². The molecule has 1 aliphatic heterocycles. The van der Waals surface area contributed by atoms with Crippen LogP contribution in [0, 0.1) is 0 Å². The molecule has 0 unspecified atom stereocenters. The van der Waals surface area contributed by atoms with Crippen LogP contribution in [-0.2, 0) is 17.8 Å². The Bertz CT molecular complexity index is 1100. The van der Waals surface area contributed by atoms with Crippen molar-refractivity contribution in [2.75, 3.05) is 48.8 Å². The zero-order chi connectivity index (χ0) is 23.2. The first-order chi connectivity index (χ1) is 16.1. The molecule has 2 aromatic heterocycles. The SMILES string of the molecule is CCN(CC)CC(=O)Nc1ccc(Nc2nccc(N3CCc4sccc4C3)n2)c(OC)c1. The molecule has 0 saturated carbocycles. The summed E-state index contributed by atoms with van der Waals surface area (Å²) in [5, 5.41) is 8.35. The molecule has 1 aromatic carbocycles. The predicted octanol–water partition coefficient (Wildman–Crippen LogP) is 4.13. The van der Waals surface area contributed by atoms with Crippen LogP contribution in [0.25, 0.3) is 0 Å². The fourth-order valence-corrected chi connectivity index (χ4v) is 4.76. The summed E-state index contributed by atoms with van der Waals surface area (Å²) >= 11 is 1.83. The standard InChI is InChI=1S/C24H30N6O2S/c1-4-29(5-2)16-23(31)26-18-6-7-19(20(14-18)32-3)27-24-25-11-8-22(28-24)30-12-9-21-17(15-30)10-13-33-21/h6-8,10-11,13-14H,4-5,9,12,15-16H2,1-3H3,(H,26,31)(H,25,27,28). The number of likely N-dealkylation sites (N-methyl/N-ethyl adjacent to an activating group) is 1. The van der Waals surface area contributed by atoms with Gasteiger partial charge in [0.25, 0.3) is 0 Å². The number of anilines is 4. The Morgan fingerprint density at radius 3 is 2.88 bits per heavy atom. The number of nitrogens with zero attached hydrogens (tertiary/aromatic N) is 4. The highest BCUT2D eigenvalue weighted by atomic mass is 32.1. The Kier molecular flexibility index (Phi) is 7.41. The van der Waals surface area contributed by atoms with Crippen LogP contribution in [0.4, 0.5) is 23.1 Å². The second-order valence-corrected chi connectivity index (χ2v) is 8.83. The van der Waals surface area contributed by atoms with Crippen molar-refractivity contribution in [3.63, 3.8) is 0 Å². The Morgan fingerprint density at radius 1 is 1.24 bits per heavy atom. The van der Waals surface area contributed by atoms with E-state index < -0.39 is 0 Å². The number of carbonyl (C=O) groups excluding carboxylic acids is 1. The topological polar surface area (TPSA) is 82.6 Å². The van der Waals surface area contributed by atoms with Gasteiger partial charge in [-0.15, -0.1) is 11.3 Å². The molecule has 3 heterocycles. The van der Waals surface area contributed by atoms with Gasteiger partial charge in [0.05, 0.1) is 19.3 Å². The van der Waals surface area contributed by atoms with E-state index in [4.69, 9.17) is 9.72 Å². The summed E-state index contributed by atoms with van der Waals surface area (Å²) in [5.74, 6) is 1.95. The smallest absolute Gasteiger partial charge is 0.238 e. The lowest BCUT2D eigenvalue weighted by atomic mass is 10.1. The number of benzene rings is 1. The average molecular weight is 467 g/mol. The van der Waals surface area contributed by atoms with Gasteiger partial charge in [-0.3, -0.25) is 9.69 Å². The molecule has 0 atom stereocenters. The molecule has 1 aliphatic rings. The molecule has 0 aliphatic carbocycles. The molecule has 0 saturated heterocycles. The summed E-state index contributed by atoms with van der Waals surface area (Å²) in [6.45, 7) is 7.92. The maximum absolute atomic E-state index is 12.3. The van der Waals surface area contributed by atoms with E-state index in [1.54, 1.807) is 19.4 Å². The van der Waals surface area contributed by atoms with E-state index in [1.165, 1.54) is 10.4 Å². The van der Waals surface area contributed by atoms with E-state index in [0.29, 0.717) is 23.9 Å². The predicted molar refractivity (Wildman–Crippen MR) is 134 cm³/mol. The van der Waals surface area contributed by atoms with E-state index >= 15 is 0 Å². The summed E-state index contributed by atoms with van der Waals surface area (Å²) < 4.78 is 5.55. The van der Waals surface area contributed by atoms with Crippen molar-refractivity contribution in [1.82, 2.24) is 14.9 Å². The quantitative estimate of drug-likeness (QED) is 0.491. The molecule has 1 amide bonds. The van der Waals surface area contributed by atoms with E-state index in [-0.39, 0.29) is 5.91 Å². The minimum Gasteiger partial charge on any atom is -0.494 e. The fraction of sp³-hybridized carbons (Fsp3) is 0.375.